The van der Waals surface area contributed by atoms with E-state index in [1.165, 1.54) is 37.1 Å². The fourth-order valence-electron chi connectivity index (χ4n) is 3.76. The summed E-state index contributed by atoms with van der Waals surface area (Å²) in [7, 11) is 1.82. The van der Waals surface area contributed by atoms with Crippen LogP contribution in [-0.2, 0) is 6.42 Å². The molecule has 0 aliphatic carbocycles. The molecule has 6 nitrogen and oxygen atoms in total. The zero-order valence-electron chi connectivity index (χ0n) is 16.7. The molecule has 2 heterocycles. The molecule has 6 heteroatoms. The number of likely N-dealkylation sites (tertiary alicyclic amines) is 1. The molecule has 3 rings (SSSR count). The molecule has 0 saturated carbocycles. The number of nitrogens with zero attached hydrogens (tertiary/aromatic N) is 3. The van der Waals surface area contributed by atoms with Crippen LogP contribution in [0.15, 0.2) is 39.8 Å². The lowest BCUT2D eigenvalue weighted by molar-refractivity contribution is 0.245. The van der Waals surface area contributed by atoms with Crippen molar-refractivity contribution in [1.29, 1.82) is 0 Å². The molecule has 146 valence electrons. The first-order chi connectivity index (χ1) is 13.2. The van der Waals surface area contributed by atoms with Gasteiger partial charge in [0.05, 0.1) is 11.7 Å². The first-order valence-corrected chi connectivity index (χ1v) is 9.84. The summed E-state index contributed by atoms with van der Waals surface area (Å²) in [5, 5.41) is 10.9. The van der Waals surface area contributed by atoms with E-state index in [1.807, 2.05) is 20.9 Å². The molecule has 0 radical (unpaired) electrons. The standard InChI is InChI=1S/C21H31N5O/c1-16-19(17(2)27-25-16)11-12-23-21(22-3)24-15-20(26-13-7-8-14-26)18-9-5-4-6-10-18/h4-6,9-10,20H,7-8,11-15H2,1-3H3,(H2,22,23,24). The van der Waals surface area contributed by atoms with E-state index in [0.717, 1.165) is 36.9 Å². The number of benzene rings is 1. The predicted octanol–water partition coefficient (Wildman–Crippen LogP) is 2.84. The van der Waals surface area contributed by atoms with Gasteiger partial charge in [0.15, 0.2) is 5.96 Å². The minimum Gasteiger partial charge on any atom is -0.361 e. The van der Waals surface area contributed by atoms with Gasteiger partial charge in [-0.3, -0.25) is 9.89 Å². The maximum Gasteiger partial charge on any atom is 0.191 e. The van der Waals surface area contributed by atoms with Gasteiger partial charge in [-0.2, -0.15) is 0 Å². The molecule has 1 fully saturated rings. The second-order valence-electron chi connectivity index (χ2n) is 7.10. The molecule has 1 aromatic carbocycles. The van der Waals surface area contributed by atoms with Gasteiger partial charge < -0.3 is 15.2 Å². The van der Waals surface area contributed by atoms with Crippen LogP contribution in [0.3, 0.4) is 0 Å². The van der Waals surface area contributed by atoms with Gasteiger partial charge in [0.25, 0.3) is 0 Å². The Morgan fingerprint density at radius 1 is 1.19 bits per heavy atom. The third-order valence-corrected chi connectivity index (χ3v) is 5.30. The van der Waals surface area contributed by atoms with E-state index >= 15 is 0 Å². The minimum atomic E-state index is 0.370. The number of guanidine groups is 1. The van der Waals surface area contributed by atoms with Crippen molar-refractivity contribution >= 4 is 5.96 Å². The summed E-state index contributed by atoms with van der Waals surface area (Å²) in [5.41, 5.74) is 3.51. The fraction of sp³-hybridized carbons (Fsp3) is 0.524. The van der Waals surface area contributed by atoms with Crippen LogP contribution in [0.25, 0.3) is 0 Å². The number of hydrogen-bond acceptors (Lipinski definition) is 4. The van der Waals surface area contributed by atoms with Gasteiger partial charge in [0, 0.05) is 25.7 Å². The van der Waals surface area contributed by atoms with E-state index < -0.39 is 0 Å². The Morgan fingerprint density at radius 3 is 2.56 bits per heavy atom. The van der Waals surface area contributed by atoms with Gasteiger partial charge in [-0.15, -0.1) is 0 Å². The van der Waals surface area contributed by atoms with Crippen molar-refractivity contribution in [2.75, 3.05) is 33.2 Å². The van der Waals surface area contributed by atoms with Crippen LogP contribution in [0, 0.1) is 13.8 Å². The van der Waals surface area contributed by atoms with Gasteiger partial charge in [-0.1, -0.05) is 35.5 Å². The lowest BCUT2D eigenvalue weighted by Crippen LogP contribution is -2.43. The largest absolute Gasteiger partial charge is 0.361 e. The average molecular weight is 370 g/mol. The van der Waals surface area contributed by atoms with Crippen LogP contribution in [0.5, 0.6) is 0 Å². The van der Waals surface area contributed by atoms with E-state index in [0.29, 0.717) is 6.04 Å². The Kier molecular flexibility index (Phi) is 6.87. The molecule has 1 aliphatic rings. The quantitative estimate of drug-likeness (QED) is 0.580. The lowest BCUT2D eigenvalue weighted by atomic mass is 10.1. The van der Waals surface area contributed by atoms with Gasteiger partial charge in [0.2, 0.25) is 0 Å². The normalized spacial score (nSPS) is 16.5. The molecule has 0 bridgehead atoms. The maximum atomic E-state index is 5.23. The van der Waals surface area contributed by atoms with Crippen LogP contribution < -0.4 is 10.6 Å². The van der Waals surface area contributed by atoms with E-state index in [2.05, 4.69) is 56.0 Å². The Morgan fingerprint density at radius 2 is 1.93 bits per heavy atom. The Labute approximate surface area is 162 Å². The van der Waals surface area contributed by atoms with Crippen LogP contribution in [0.1, 0.15) is 41.5 Å². The van der Waals surface area contributed by atoms with E-state index in [-0.39, 0.29) is 0 Å². The highest BCUT2D eigenvalue weighted by Gasteiger charge is 2.23. The summed E-state index contributed by atoms with van der Waals surface area (Å²) < 4.78 is 5.23. The minimum absolute atomic E-state index is 0.370. The number of aliphatic imine (C=N–C) groups is 1. The molecule has 1 atom stereocenters. The summed E-state index contributed by atoms with van der Waals surface area (Å²) in [6.07, 6.45) is 3.44. The van der Waals surface area contributed by atoms with Crippen LogP contribution >= 0.6 is 0 Å². The molecule has 1 saturated heterocycles. The van der Waals surface area contributed by atoms with Crippen LogP contribution in [-0.4, -0.2) is 49.2 Å². The van der Waals surface area contributed by atoms with E-state index in [9.17, 15) is 0 Å². The first kappa shape index (κ1) is 19.4. The Hall–Kier alpha value is -2.34. The first-order valence-electron chi connectivity index (χ1n) is 9.84. The van der Waals surface area contributed by atoms with Crippen molar-refractivity contribution in [2.45, 2.75) is 39.2 Å². The molecular weight excluding hydrogens is 338 g/mol. The van der Waals surface area contributed by atoms with Crippen molar-refractivity contribution in [3.63, 3.8) is 0 Å². The SMILES string of the molecule is CN=C(NCCc1c(C)noc1C)NCC(c1ccccc1)N1CCCC1. The maximum absolute atomic E-state index is 5.23. The summed E-state index contributed by atoms with van der Waals surface area (Å²) in [6.45, 7) is 7.91. The molecule has 0 spiro atoms. The summed E-state index contributed by atoms with van der Waals surface area (Å²) in [4.78, 5) is 6.95. The summed E-state index contributed by atoms with van der Waals surface area (Å²) in [5.74, 6) is 1.73. The van der Waals surface area contributed by atoms with Crippen molar-refractivity contribution in [1.82, 2.24) is 20.7 Å². The molecule has 1 aromatic heterocycles. The van der Waals surface area contributed by atoms with Gasteiger partial charge in [-0.05, 0) is 51.8 Å². The zero-order valence-corrected chi connectivity index (χ0v) is 16.7. The monoisotopic (exact) mass is 369 g/mol. The number of hydrogen-bond donors (Lipinski definition) is 2. The van der Waals surface area contributed by atoms with Crippen molar-refractivity contribution in [3.8, 4) is 0 Å². The summed E-state index contributed by atoms with van der Waals surface area (Å²) in [6, 6.07) is 11.1. The van der Waals surface area contributed by atoms with E-state index in [4.69, 9.17) is 4.52 Å². The van der Waals surface area contributed by atoms with Crippen LogP contribution in [0.4, 0.5) is 0 Å². The Balaban J connectivity index is 1.55. The van der Waals surface area contributed by atoms with Gasteiger partial charge in [-0.25, -0.2) is 0 Å². The average Bonchev–Trinajstić information content (AvgIpc) is 3.33. The van der Waals surface area contributed by atoms with Crippen molar-refractivity contribution < 1.29 is 4.52 Å². The number of nitrogens with one attached hydrogen (secondary N) is 2. The molecule has 0 amide bonds. The Bertz CT molecular complexity index is 715. The third-order valence-electron chi connectivity index (χ3n) is 5.30. The topological polar surface area (TPSA) is 65.7 Å². The van der Waals surface area contributed by atoms with Gasteiger partial charge in [0.1, 0.15) is 5.76 Å². The second-order valence-corrected chi connectivity index (χ2v) is 7.10. The molecule has 2 aromatic rings. The third kappa shape index (κ3) is 5.10. The van der Waals surface area contributed by atoms with Crippen molar-refractivity contribution in [2.24, 2.45) is 4.99 Å². The second kappa shape index (κ2) is 9.55. The highest BCUT2D eigenvalue weighted by atomic mass is 16.5. The number of aryl methyl sites for hydroxylation is 2. The highest BCUT2D eigenvalue weighted by Crippen LogP contribution is 2.24. The summed E-state index contributed by atoms with van der Waals surface area (Å²) >= 11 is 0. The fourth-order valence-corrected chi connectivity index (χ4v) is 3.76. The van der Waals surface area contributed by atoms with Crippen molar-refractivity contribution in [3.05, 3.63) is 52.9 Å². The molecular formula is C21H31N5O. The van der Waals surface area contributed by atoms with Crippen LogP contribution in [0.2, 0.25) is 0 Å². The molecule has 1 unspecified atom stereocenters. The van der Waals surface area contributed by atoms with E-state index in [1.54, 1.807) is 0 Å². The highest BCUT2D eigenvalue weighted by molar-refractivity contribution is 5.79. The molecule has 27 heavy (non-hydrogen) atoms. The number of rotatable bonds is 7. The molecule has 1 aliphatic heterocycles. The number of aromatic nitrogens is 1. The predicted molar refractivity (Wildman–Crippen MR) is 109 cm³/mol. The van der Waals surface area contributed by atoms with Gasteiger partial charge >= 0.3 is 0 Å². The smallest absolute Gasteiger partial charge is 0.191 e. The zero-order chi connectivity index (χ0) is 19.1. The molecule has 2 N–H and O–H groups in total. The lowest BCUT2D eigenvalue weighted by Gasteiger charge is -2.29.